The van der Waals surface area contributed by atoms with Gasteiger partial charge in [-0.1, -0.05) is 12.1 Å². The van der Waals surface area contributed by atoms with Gasteiger partial charge >= 0.3 is 0 Å². The summed E-state index contributed by atoms with van der Waals surface area (Å²) in [6.45, 7) is 5.11. The molecule has 0 bridgehead atoms. The molecule has 4 nitrogen and oxygen atoms in total. The molecule has 1 aliphatic heterocycles. The lowest BCUT2D eigenvalue weighted by atomic mass is 10.2. The van der Waals surface area contributed by atoms with Crippen LogP contribution in [-0.2, 0) is 0 Å². The van der Waals surface area contributed by atoms with E-state index in [1.807, 2.05) is 12.1 Å². The number of fused-ring (bicyclic) bond motifs is 1. The van der Waals surface area contributed by atoms with Gasteiger partial charge in [-0.2, -0.15) is 4.98 Å². The topological polar surface area (TPSA) is 41.1 Å². The summed E-state index contributed by atoms with van der Waals surface area (Å²) in [5.74, 6) is 1.81. The molecule has 0 aliphatic carbocycles. The van der Waals surface area contributed by atoms with Crippen LogP contribution in [0.25, 0.3) is 10.9 Å². The molecule has 0 unspecified atom stereocenters. The lowest BCUT2D eigenvalue weighted by molar-refractivity contribution is 0.906. The van der Waals surface area contributed by atoms with Crippen molar-refractivity contribution in [2.24, 2.45) is 0 Å². The van der Waals surface area contributed by atoms with E-state index in [0.717, 1.165) is 42.3 Å². The van der Waals surface area contributed by atoms with Crippen molar-refractivity contribution < 1.29 is 0 Å². The Labute approximate surface area is 107 Å². The molecular weight excluding hydrogens is 224 g/mol. The molecule has 1 saturated heterocycles. The first-order valence-electron chi connectivity index (χ1n) is 6.64. The standard InChI is InChI=1S/C14H18N4/c1-2-15-13-11-7-3-4-8-12(11)16-14(17-13)18-9-5-6-10-18/h3-4,7-8H,2,5-6,9-10H2,1H3,(H,15,16,17). The van der Waals surface area contributed by atoms with Gasteiger partial charge in [0.25, 0.3) is 0 Å². The van der Waals surface area contributed by atoms with E-state index < -0.39 is 0 Å². The first kappa shape index (κ1) is 11.3. The van der Waals surface area contributed by atoms with E-state index in [-0.39, 0.29) is 0 Å². The minimum Gasteiger partial charge on any atom is -0.370 e. The molecule has 2 heterocycles. The molecule has 1 aliphatic rings. The number of rotatable bonds is 3. The number of nitrogens with zero attached hydrogens (tertiary/aromatic N) is 3. The summed E-state index contributed by atoms with van der Waals surface area (Å²) in [6.07, 6.45) is 2.49. The fourth-order valence-corrected chi connectivity index (χ4v) is 2.43. The second-order valence-corrected chi connectivity index (χ2v) is 4.61. The van der Waals surface area contributed by atoms with Crippen LogP contribution in [0.2, 0.25) is 0 Å². The highest BCUT2D eigenvalue weighted by molar-refractivity contribution is 5.90. The molecule has 1 aromatic heterocycles. The molecule has 4 heteroatoms. The molecule has 1 N–H and O–H groups in total. The minimum atomic E-state index is 0.863. The van der Waals surface area contributed by atoms with Crippen molar-refractivity contribution in [3.05, 3.63) is 24.3 Å². The smallest absolute Gasteiger partial charge is 0.227 e. The number of anilines is 2. The Morgan fingerprint density at radius 1 is 1.17 bits per heavy atom. The Morgan fingerprint density at radius 2 is 1.94 bits per heavy atom. The molecule has 3 rings (SSSR count). The molecule has 0 radical (unpaired) electrons. The van der Waals surface area contributed by atoms with Crippen LogP contribution in [-0.4, -0.2) is 29.6 Å². The van der Waals surface area contributed by atoms with Gasteiger partial charge in [0.05, 0.1) is 5.52 Å². The Morgan fingerprint density at radius 3 is 2.72 bits per heavy atom. The van der Waals surface area contributed by atoms with Gasteiger partial charge in [0.2, 0.25) is 5.95 Å². The van der Waals surface area contributed by atoms with Crippen molar-refractivity contribution >= 4 is 22.7 Å². The predicted octanol–water partition coefficient (Wildman–Crippen LogP) is 2.66. The highest BCUT2D eigenvalue weighted by Crippen LogP contribution is 2.24. The molecule has 0 saturated carbocycles. The van der Waals surface area contributed by atoms with Crippen LogP contribution in [0, 0.1) is 0 Å². The van der Waals surface area contributed by atoms with Gasteiger partial charge in [-0.05, 0) is 31.9 Å². The van der Waals surface area contributed by atoms with Gasteiger partial charge in [-0.25, -0.2) is 4.98 Å². The number of hydrogen-bond donors (Lipinski definition) is 1. The van der Waals surface area contributed by atoms with Crippen LogP contribution in [0.15, 0.2) is 24.3 Å². The minimum absolute atomic E-state index is 0.863. The number of para-hydroxylation sites is 1. The Kier molecular flexibility index (Phi) is 3.00. The van der Waals surface area contributed by atoms with Crippen LogP contribution in [0.5, 0.6) is 0 Å². The van der Waals surface area contributed by atoms with Crippen molar-refractivity contribution in [2.75, 3.05) is 29.9 Å². The molecule has 0 amide bonds. The summed E-state index contributed by atoms with van der Waals surface area (Å²) in [5, 5.41) is 4.44. The van der Waals surface area contributed by atoms with Gasteiger partial charge in [0.15, 0.2) is 0 Å². The molecular formula is C14H18N4. The third kappa shape index (κ3) is 1.98. The first-order chi connectivity index (χ1) is 8.88. The fraction of sp³-hybridized carbons (Fsp3) is 0.429. The largest absolute Gasteiger partial charge is 0.370 e. The lowest BCUT2D eigenvalue weighted by Crippen LogP contribution is -2.21. The molecule has 18 heavy (non-hydrogen) atoms. The zero-order chi connectivity index (χ0) is 12.4. The predicted molar refractivity (Wildman–Crippen MR) is 75.1 cm³/mol. The normalized spacial score (nSPS) is 15.3. The molecule has 94 valence electrons. The van der Waals surface area contributed by atoms with Crippen LogP contribution >= 0.6 is 0 Å². The van der Waals surface area contributed by atoms with E-state index in [1.54, 1.807) is 0 Å². The average molecular weight is 242 g/mol. The van der Waals surface area contributed by atoms with Crippen LogP contribution in [0.4, 0.5) is 11.8 Å². The lowest BCUT2D eigenvalue weighted by Gasteiger charge is -2.17. The fourth-order valence-electron chi connectivity index (χ4n) is 2.43. The van der Waals surface area contributed by atoms with Crippen molar-refractivity contribution in [1.29, 1.82) is 0 Å². The molecule has 1 fully saturated rings. The van der Waals surface area contributed by atoms with Crippen molar-refractivity contribution in [3.8, 4) is 0 Å². The third-order valence-corrected chi connectivity index (χ3v) is 3.32. The SMILES string of the molecule is CCNc1nc(N2CCCC2)nc2ccccc12. The summed E-state index contributed by atoms with van der Waals surface area (Å²) in [6, 6.07) is 8.18. The Hall–Kier alpha value is -1.84. The molecule has 1 aromatic carbocycles. The maximum atomic E-state index is 4.68. The summed E-state index contributed by atoms with van der Waals surface area (Å²) >= 11 is 0. The zero-order valence-corrected chi connectivity index (χ0v) is 10.7. The summed E-state index contributed by atoms with van der Waals surface area (Å²) in [7, 11) is 0. The second-order valence-electron chi connectivity index (χ2n) is 4.61. The van der Waals surface area contributed by atoms with E-state index in [0.29, 0.717) is 0 Å². The summed E-state index contributed by atoms with van der Waals surface area (Å²) < 4.78 is 0. The van der Waals surface area contributed by atoms with Gasteiger partial charge in [-0.3, -0.25) is 0 Å². The molecule has 0 atom stereocenters. The third-order valence-electron chi connectivity index (χ3n) is 3.32. The number of hydrogen-bond acceptors (Lipinski definition) is 4. The van der Waals surface area contributed by atoms with E-state index in [9.17, 15) is 0 Å². The van der Waals surface area contributed by atoms with Gasteiger partial charge < -0.3 is 10.2 Å². The Bertz CT molecular complexity index is 546. The first-order valence-corrected chi connectivity index (χ1v) is 6.64. The van der Waals surface area contributed by atoms with Crippen LogP contribution in [0.1, 0.15) is 19.8 Å². The molecule has 2 aromatic rings. The number of nitrogens with one attached hydrogen (secondary N) is 1. The summed E-state index contributed by atoms with van der Waals surface area (Å²) in [5.41, 5.74) is 1.02. The monoisotopic (exact) mass is 242 g/mol. The van der Waals surface area contributed by atoms with Gasteiger partial charge in [0.1, 0.15) is 5.82 Å². The highest BCUT2D eigenvalue weighted by Gasteiger charge is 2.16. The van der Waals surface area contributed by atoms with Gasteiger partial charge in [-0.15, -0.1) is 0 Å². The number of aromatic nitrogens is 2. The number of benzene rings is 1. The average Bonchev–Trinajstić information content (AvgIpc) is 2.93. The quantitative estimate of drug-likeness (QED) is 0.898. The maximum Gasteiger partial charge on any atom is 0.227 e. The van der Waals surface area contributed by atoms with Crippen molar-refractivity contribution in [2.45, 2.75) is 19.8 Å². The van der Waals surface area contributed by atoms with E-state index in [2.05, 4.69) is 39.2 Å². The molecule has 0 spiro atoms. The highest BCUT2D eigenvalue weighted by atomic mass is 15.3. The van der Waals surface area contributed by atoms with E-state index in [4.69, 9.17) is 0 Å². The maximum absolute atomic E-state index is 4.68. The van der Waals surface area contributed by atoms with E-state index >= 15 is 0 Å². The Balaban J connectivity index is 2.10. The van der Waals surface area contributed by atoms with Crippen LogP contribution in [0.3, 0.4) is 0 Å². The zero-order valence-electron chi connectivity index (χ0n) is 10.7. The second kappa shape index (κ2) is 4.80. The van der Waals surface area contributed by atoms with Crippen molar-refractivity contribution in [3.63, 3.8) is 0 Å². The van der Waals surface area contributed by atoms with Gasteiger partial charge in [0, 0.05) is 25.0 Å². The van der Waals surface area contributed by atoms with Crippen molar-refractivity contribution in [1.82, 2.24) is 9.97 Å². The summed E-state index contributed by atoms with van der Waals surface area (Å²) in [4.78, 5) is 11.6. The van der Waals surface area contributed by atoms with Crippen LogP contribution < -0.4 is 10.2 Å². The van der Waals surface area contributed by atoms with E-state index in [1.165, 1.54) is 12.8 Å².